The van der Waals surface area contributed by atoms with Crippen molar-refractivity contribution in [1.29, 1.82) is 0 Å². The van der Waals surface area contributed by atoms with Crippen molar-refractivity contribution < 1.29 is 17.9 Å². The minimum absolute atomic E-state index is 0.173. The van der Waals surface area contributed by atoms with Crippen LogP contribution in [0.1, 0.15) is 28.4 Å². The molecule has 1 N–H and O–H groups in total. The fourth-order valence-corrected chi connectivity index (χ4v) is 4.98. The Morgan fingerprint density at radius 3 is 2.57 bits per heavy atom. The molecule has 1 amide bonds. The van der Waals surface area contributed by atoms with E-state index in [0.29, 0.717) is 49.0 Å². The monoisotopic (exact) mass is 422 g/mol. The lowest BCUT2D eigenvalue weighted by Crippen LogP contribution is -2.41. The number of benzene rings is 2. The summed E-state index contributed by atoms with van der Waals surface area (Å²) in [6.07, 6.45) is 0.550. The summed E-state index contributed by atoms with van der Waals surface area (Å²) in [6, 6.07) is 10.0. The van der Waals surface area contributed by atoms with Crippen LogP contribution in [0.25, 0.3) is 0 Å². The first kappa shape index (κ1) is 20.8. The van der Waals surface area contributed by atoms with Crippen LogP contribution in [0.4, 0.5) is 5.69 Å². The van der Waals surface area contributed by atoms with Gasteiger partial charge in [0.25, 0.3) is 5.91 Å². The van der Waals surface area contributed by atoms with E-state index in [2.05, 4.69) is 5.32 Å². The van der Waals surface area contributed by atoms with Crippen molar-refractivity contribution in [3.63, 3.8) is 0 Å². The molecule has 1 fully saturated rings. The highest BCUT2D eigenvalue weighted by Gasteiger charge is 2.29. The van der Waals surface area contributed by atoms with Gasteiger partial charge in [0.15, 0.2) is 0 Å². The van der Waals surface area contributed by atoms with Crippen molar-refractivity contribution in [3.8, 4) is 0 Å². The maximum absolute atomic E-state index is 13.1. The van der Waals surface area contributed by atoms with Crippen LogP contribution in [-0.4, -0.2) is 44.9 Å². The van der Waals surface area contributed by atoms with Gasteiger partial charge in [-0.05, 0) is 48.7 Å². The van der Waals surface area contributed by atoms with E-state index in [9.17, 15) is 13.2 Å². The average Bonchev–Trinajstić information content (AvgIpc) is 2.70. The Bertz CT molecular complexity index is 986. The Morgan fingerprint density at radius 1 is 1.18 bits per heavy atom. The number of aryl methyl sites for hydroxylation is 2. The van der Waals surface area contributed by atoms with E-state index in [0.717, 1.165) is 5.56 Å². The largest absolute Gasteiger partial charge is 0.379 e. The third-order valence-corrected chi connectivity index (χ3v) is 6.96. The van der Waals surface area contributed by atoms with Crippen molar-refractivity contribution in [2.24, 2.45) is 0 Å². The molecule has 150 valence electrons. The molecule has 28 heavy (non-hydrogen) atoms. The molecular weight excluding hydrogens is 400 g/mol. The van der Waals surface area contributed by atoms with E-state index < -0.39 is 10.0 Å². The highest BCUT2D eigenvalue weighted by molar-refractivity contribution is 7.89. The molecule has 0 unspecified atom stereocenters. The van der Waals surface area contributed by atoms with Crippen LogP contribution in [-0.2, 0) is 21.2 Å². The van der Waals surface area contributed by atoms with Crippen molar-refractivity contribution in [2.75, 3.05) is 31.6 Å². The van der Waals surface area contributed by atoms with Gasteiger partial charge in [-0.3, -0.25) is 4.79 Å². The normalized spacial score (nSPS) is 15.4. The number of morpholine rings is 1. The molecular formula is C20H23ClN2O4S. The number of rotatable bonds is 5. The SMILES string of the molecule is CCc1ccc(C(=O)Nc2cc(Cl)ccc2C)cc1S(=O)(=O)N1CCOCC1. The van der Waals surface area contributed by atoms with Crippen LogP contribution in [0.3, 0.4) is 0 Å². The second-order valence-corrected chi connectivity index (χ2v) is 8.95. The number of amides is 1. The number of halogens is 1. The van der Waals surface area contributed by atoms with Gasteiger partial charge in [-0.1, -0.05) is 30.7 Å². The maximum atomic E-state index is 13.1. The van der Waals surface area contributed by atoms with Crippen LogP contribution >= 0.6 is 11.6 Å². The predicted octanol–water partition coefficient (Wildman–Crippen LogP) is 3.48. The number of carbonyl (C=O) groups excluding carboxylic acids is 1. The van der Waals surface area contributed by atoms with E-state index >= 15 is 0 Å². The topological polar surface area (TPSA) is 75.7 Å². The number of hydrogen-bond acceptors (Lipinski definition) is 4. The molecule has 0 aliphatic carbocycles. The molecule has 6 nitrogen and oxygen atoms in total. The minimum atomic E-state index is -3.70. The number of anilines is 1. The Hall–Kier alpha value is -1.93. The number of nitrogens with zero attached hydrogens (tertiary/aromatic N) is 1. The highest BCUT2D eigenvalue weighted by atomic mass is 35.5. The molecule has 0 aromatic heterocycles. The Kier molecular flexibility index (Phi) is 6.40. The van der Waals surface area contributed by atoms with Crippen molar-refractivity contribution in [2.45, 2.75) is 25.2 Å². The molecule has 0 radical (unpaired) electrons. The molecule has 1 heterocycles. The Morgan fingerprint density at radius 2 is 1.89 bits per heavy atom. The molecule has 0 spiro atoms. The molecule has 1 aliphatic rings. The van der Waals surface area contributed by atoms with Gasteiger partial charge < -0.3 is 10.1 Å². The summed E-state index contributed by atoms with van der Waals surface area (Å²) in [5.41, 5.74) is 2.42. The smallest absolute Gasteiger partial charge is 0.255 e. The summed E-state index contributed by atoms with van der Waals surface area (Å²) in [7, 11) is -3.70. The van der Waals surface area contributed by atoms with Gasteiger partial charge in [-0.2, -0.15) is 4.31 Å². The molecule has 0 saturated carbocycles. The van der Waals surface area contributed by atoms with Gasteiger partial charge in [0.1, 0.15) is 0 Å². The third kappa shape index (κ3) is 4.38. The Balaban J connectivity index is 1.94. The number of ether oxygens (including phenoxy) is 1. The van der Waals surface area contributed by atoms with Crippen LogP contribution in [0.5, 0.6) is 0 Å². The van der Waals surface area contributed by atoms with E-state index in [4.69, 9.17) is 16.3 Å². The Labute approximate surface area is 170 Å². The van der Waals surface area contributed by atoms with Gasteiger partial charge >= 0.3 is 0 Å². The van der Waals surface area contributed by atoms with Gasteiger partial charge in [0.2, 0.25) is 10.0 Å². The third-order valence-electron chi connectivity index (χ3n) is 4.75. The number of sulfonamides is 1. The van der Waals surface area contributed by atoms with E-state index in [1.165, 1.54) is 10.4 Å². The molecule has 0 atom stereocenters. The summed E-state index contributed by atoms with van der Waals surface area (Å²) in [6.45, 7) is 5.11. The quantitative estimate of drug-likeness (QED) is 0.800. The zero-order chi connectivity index (χ0) is 20.3. The van der Waals surface area contributed by atoms with Crippen LogP contribution in [0, 0.1) is 6.92 Å². The minimum Gasteiger partial charge on any atom is -0.379 e. The highest BCUT2D eigenvalue weighted by Crippen LogP contribution is 2.25. The van der Waals surface area contributed by atoms with Crippen molar-refractivity contribution >= 4 is 33.2 Å². The lowest BCUT2D eigenvalue weighted by Gasteiger charge is -2.27. The van der Waals surface area contributed by atoms with Gasteiger partial charge in [-0.25, -0.2) is 8.42 Å². The maximum Gasteiger partial charge on any atom is 0.255 e. The average molecular weight is 423 g/mol. The molecule has 3 rings (SSSR count). The first-order valence-electron chi connectivity index (χ1n) is 9.11. The fraction of sp³-hybridized carbons (Fsp3) is 0.350. The summed E-state index contributed by atoms with van der Waals surface area (Å²) in [4.78, 5) is 12.9. The first-order chi connectivity index (χ1) is 13.3. The lowest BCUT2D eigenvalue weighted by molar-refractivity contribution is 0.0730. The van der Waals surface area contributed by atoms with Crippen molar-refractivity contribution in [1.82, 2.24) is 4.31 Å². The van der Waals surface area contributed by atoms with Gasteiger partial charge in [-0.15, -0.1) is 0 Å². The molecule has 2 aromatic carbocycles. The predicted molar refractivity (Wildman–Crippen MR) is 110 cm³/mol. The van der Waals surface area contributed by atoms with Crippen LogP contribution < -0.4 is 5.32 Å². The zero-order valence-corrected chi connectivity index (χ0v) is 17.4. The van der Waals surface area contributed by atoms with E-state index in [1.54, 1.807) is 24.3 Å². The zero-order valence-electron chi connectivity index (χ0n) is 15.9. The first-order valence-corrected chi connectivity index (χ1v) is 10.9. The summed E-state index contributed by atoms with van der Waals surface area (Å²) < 4.78 is 32.9. The van der Waals surface area contributed by atoms with Gasteiger partial charge in [0.05, 0.1) is 18.1 Å². The van der Waals surface area contributed by atoms with Crippen molar-refractivity contribution in [3.05, 3.63) is 58.1 Å². The molecule has 2 aromatic rings. The number of nitrogens with one attached hydrogen (secondary N) is 1. The number of carbonyl (C=O) groups is 1. The molecule has 1 saturated heterocycles. The molecule has 1 aliphatic heterocycles. The van der Waals surface area contributed by atoms with Crippen LogP contribution in [0.15, 0.2) is 41.3 Å². The van der Waals surface area contributed by atoms with Crippen LogP contribution in [0.2, 0.25) is 5.02 Å². The molecule has 8 heteroatoms. The van der Waals surface area contributed by atoms with E-state index in [-0.39, 0.29) is 16.4 Å². The standard InChI is InChI=1S/C20H23ClN2O4S/c1-3-15-5-6-16(20(24)22-18-13-17(21)7-4-14(18)2)12-19(15)28(25,26)23-8-10-27-11-9-23/h4-7,12-13H,3,8-11H2,1-2H3,(H,22,24). The number of hydrogen-bond donors (Lipinski definition) is 1. The summed E-state index contributed by atoms with van der Waals surface area (Å²) >= 11 is 6.01. The summed E-state index contributed by atoms with van der Waals surface area (Å²) in [5.74, 6) is -0.383. The second-order valence-electron chi connectivity index (χ2n) is 6.61. The second kappa shape index (κ2) is 8.61. The lowest BCUT2D eigenvalue weighted by atomic mass is 10.1. The molecule has 0 bridgehead atoms. The fourth-order valence-electron chi connectivity index (χ4n) is 3.08. The van der Waals surface area contributed by atoms with E-state index in [1.807, 2.05) is 19.9 Å². The van der Waals surface area contributed by atoms with Gasteiger partial charge in [0, 0.05) is 29.4 Å². The summed E-state index contributed by atoms with van der Waals surface area (Å²) in [5, 5.41) is 3.32.